The average Bonchev–Trinajstić information content (AvgIpc) is 3.37. The number of nitrogens with zero attached hydrogens (tertiary/aromatic N) is 4. The molecule has 0 unspecified atom stereocenters. The highest BCUT2D eigenvalue weighted by Gasteiger charge is 2.34. The molecule has 8 heteroatoms. The minimum atomic E-state index is -1.02. The number of aromatic nitrogens is 2. The summed E-state index contributed by atoms with van der Waals surface area (Å²) in [7, 11) is 0. The van der Waals surface area contributed by atoms with Crippen molar-refractivity contribution >= 4 is 11.7 Å². The fourth-order valence-corrected chi connectivity index (χ4v) is 4.92. The monoisotopic (exact) mass is 467 g/mol. The predicted octanol–water partition coefficient (Wildman–Crippen LogP) is 2.05. The van der Waals surface area contributed by atoms with Crippen molar-refractivity contribution in [3.05, 3.63) is 58.1 Å². The maximum Gasteiger partial charge on any atom is 0.258 e. The van der Waals surface area contributed by atoms with Crippen molar-refractivity contribution in [3.63, 3.8) is 0 Å². The third-order valence-corrected chi connectivity index (χ3v) is 7.16. The second kappa shape index (κ2) is 11.1. The van der Waals surface area contributed by atoms with Crippen LogP contribution in [0.1, 0.15) is 43.2 Å². The predicted molar refractivity (Wildman–Crippen MR) is 133 cm³/mol. The van der Waals surface area contributed by atoms with Crippen LogP contribution in [0.15, 0.2) is 41.5 Å². The number of likely N-dealkylation sites (tertiary alicyclic amines) is 2. The zero-order valence-corrected chi connectivity index (χ0v) is 20.2. The Labute approximate surface area is 201 Å². The topological polar surface area (TPSA) is 90.7 Å². The van der Waals surface area contributed by atoms with E-state index in [1.807, 2.05) is 35.2 Å². The summed E-state index contributed by atoms with van der Waals surface area (Å²) in [6, 6.07) is 10.0. The van der Waals surface area contributed by atoms with Crippen molar-refractivity contribution in [1.82, 2.24) is 19.4 Å². The quantitative estimate of drug-likeness (QED) is 0.587. The first-order valence-corrected chi connectivity index (χ1v) is 12.5. The van der Waals surface area contributed by atoms with E-state index in [0.29, 0.717) is 43.7 Å². The zero-order chi connectivity index (χ0) is 24.0. The van der Waals surface area contributed by atoms with Gasteiger partial charge in [-0.05, 0) is 57.7 Å². The van der Waals surface area contributed by atoms with Crippen molar-refractivity contribution in [2.45, 2.75) is 57.6 Å². The van der Waals surface area contributed by atoms with Crippen LogP contribution in [0, 0.1) is 6.92 Å². The Hall–Kier alpha value is -2.71. The number of carbonyl (C=O) groups is 1. The summed E-state index contributed by atoms with van der Waals surface area (Å²) in [5, 5.41) is 14.4. The Balaban J connectivity index is 1.27. The first-order valence-electron chi connectivity index (χ1n) is 12.5. The number of aryl methyl sites for hydroxylation is 1. The largest absolute Gasteiger partial charge is 0.388 e. The minimum absolute atomic E-state index is 0.116. The van der Waals surface area contributed by atoms with E-state index in [1.165, 1.54) is 23.7 Å². The van der Waals surface area contributed by atoms with Crippen molar-refractivity contribution in [2.24, 2.45) is 0 Å². The molecule has 2 fully saturated rings. The Morgan fingerprint density at radius 2 is 1.82 bits per heavy atom. The molecule has 1 aromatic heterocycles. The SMILES string of the molecule is Cc1c(NCCN2CCCC2)ncn(CC2(O)CCN(C(=O)CCc3ccccc3)CC2)c1=O. The molecule has 1 amide bonds. The van der Waals surface area contributed by atoms with Gasteiger partial charge in [0.2, 0.25) is 5.91 Å². The third kappa shape index (κ3) is 6.24. The highest BCUT2D eigenvalue weighted by Crippen LogP contribution is 2.24. The Bertz CT molecular complexity index is 1010. The number of anilines is 1. The van der Waals surface area contributed by atoms with Crippen LogP contribution in [0.3, 0.4) is 0 Å². The molecule has 2 saturated heterocycles. The van der Waals surface area contributed by atoms with Gasteiger partial charge in [0.25, 0.3) is 5.56 Å². The molecule has 0 spiro atoms. The number of nitrogens with one attached hydrogen (secondary N) is 1. The maximum atomic E-state index is 12.9. The first-order chi connectivity index (χ1) is 16.4. The van der Waals surface area contributed by atoms with Gasteiger partial charge in [0.05, 0.1) is 24.0 Å². The van der Waals surface area contributed by atoms with E-state index in [0.717, 1.165) is 38.2 Å². The van der Waals surface area contributed by atoms with Gasteiger partial charge in [0.15, 0.2) is 0 Å². The standard InChI is InChI=1S/C26H37N5O3/c1-21-24(27-13-18-29-14-5-6-15-29)28-20-31(25(21)33)19-26(34)11-16-30(17-12-26)23(32)10-9-22-7-3-2-4-8-22/h2-4,7-8,20,27,34H,5-6,9-19H2,1H3. The first kappa shape index (κ1) is 24.4. The molecule has 0 bridgehead atoms. The molecule has 8 nitrogen and oxygen atoms in total. The van der Waals surface area contributed by atoms with Crippen LogP contribution in [-0.4, -0.2) is 75.2 Å². The van der Waals surface area contributed by atoms with E-state index in [1.54, 1.807) is 6.92 Å². The van der Waals surface area contributed by atoms with Gasteiger partial charge >= 0.3 is 0 Å². The van der Waals surface area contributed by atoms with Crippen molar-refractivity contribution in [2.75, 3.05) is 44.6 Å². The van der Waals surface area contributed by atoms with Crippen molar-refractivity contribution in [1.29, 1.82) is 0 Å². The molecule has 184 valence electrons. The van der Waals surface area contributed by atoms with Crippen LogP contribution in [0.25, 0.3) is 0 Å². The molecule has 0 atom stereocenters. The number of benzene rings is 1. The molecule has 34 heavy (non-hydrogen) atoms. The second-order valence-corrected chi connectivity index (χ2v) is 9.72. The van der Waals surface area contributed by atoms with Gasteiger partial charge in [-0.3, -0.25) is 14.2 Å². The smallest absolute Gasteiger partial charge is 0.258 e. The number of carbonyl (C=O) groups excluding carboxylic acids is 1. The van der Waals surface area contributed by atoms with Gasteiger partial charge in [-0.2, -0.15) is 0 Å². The molecular weight excluding hydrogens is 430 g/mol. The Morgan fingerprint density at radius 3 is 2.53 bits per heavy atom. The number of rotatable bonds is 9. The lowest BCUT2D eigenvalue weighted by Gasteiger charge is -2.38. The van der Waals surface area contributed by atoms with E-state index >= 15 is 0 Å². The molecular formula is C26H37N5O3. The fraction of sp³-hybridized carbons (Fsp3) is 0.577. The lowest BCUT2D eigenvalue weighted by molar-refractivity contribution is -0.135. The van der Waals surface area contributed by atoms with Gasteiger partial charge in [-0.1, -0.05) is 30.3 Å². The fourth-order valence-electron chi connectivity index (χ4n) is 4.92. The van der Waals surface area contributed by atoms with E-state index in [4.69, 9.17) is 0 Å². The van der Waals surface area contributed by atoms with Crippen LogP contribution in [0.2, 0.25) is 0 Å². The number of aliphatic hydroxyl groups is 1. The van der Waals surface area contributed by atoms with Crippen LogP contribution in [0.4, 0.5) is 5.82 Å². The van der Waals surface area contributed by atoms with Gasteiger partial charge in [-0.25, -0.2) is 4.98 Å². The Kier molecular flexibility index (Phi) is 8.00. The number of amides is 1. The van der Waals surface area contributed by atoms with Crippen molar-refractivity contribution in [3.8, 4) is 0 Å². The number of piperidine rings is 1. The molecule has 0 aliphatic carbocycles. The molecule has 3 heterocycles. The summed E-state index contributed by atoms with van der Waals surface area (Å²) in [6.07, 6.45) is 6.14. The maximum absolute atomic E-state index is 12.9. The van der Waals surface area contributed by atoms with Gasteiger partial charge in [-0.15, -0.1) is 0 Å². The summed E-state index contributed by atoms with van der Waals surface area (Å²) < 4.78 is 1.51. The van der Waals surface area contributed by atoms with E-state index in [-0.39, 0.29) is 18.0 Å². The van der Waals surface area contributed by atoms with Gasteiger partial charge in [0, 0.05) is 32.6 Å². The van der Waals surface area contributed by atoms with Gasteiger partial charge in [0.1, 0.15) is 5.82 Å². The lowest BCUT2D eigenvalue weighted by atomic mass is 9.91. The van der Waals surface area contributed by atoms with Crippen LogP contribution < -0.4 is 10.9 Å². The number of hydrogen-bond acceptors (Lipinski definition) is 6. The van der Waals surface area contributed by atoms with Crippen molar-refractivity contribution < 1.29 is 9.90 Å². The molecule has 0 radical (unpaired) electrons. The second-order valence-electron chi connectivity index (χ2n) is 9.72. The number of hydrogen-bond donors (Lipinski definition) is 2. The summed E-state index contributed by atoms with van der Waals surface area (Å²) in [5.74, 6) is 0.733. The molecule has 2 aliphatic rings. The highest BCUT2D eigenvalue weighted by atomic mass is 16.3. The van der Waals surface area contributed by atoms with Crippen LogP contribution in [0.5, 0.6) is 0 Å². The van der Waals surface area contributed by atoms with Gasteiger partial charge < -0.3 is 20.2 Å². The molecule has 0 saturated carbocycles. The molecule has 1 aromatic carbocycles. The summed E-state index contributed by atoms with van der Waals surface area (Å²) in [4.78, 5) is 34.2. The zero-order valence-electron chi connectivity index (χ0n) is 20.2. The minimum Gasteiger partial charge on any atom is -0.388 e. The molecule has 2 N–H and O–H groups in total. The van der Waals surface area contributed by atoms with E-state index in [9.17, 15) is 14.7 Å². The van der Waals surface area contributed by atoms with Crippen LogP contribution in [-0.2, 0) is 17.8 Å². The Morgan fingerprint density at radius 1 is 1.12 bits per heavy atom. The normalized spacial score (nSPS) is 18.2. The van der Waals surface area contributed by atoms with E-state index in [2.05, 4.69) is 15.2 Å². The molecule has 4 rings (SSSR count). The highest BCUT2D eigenvalue weighted by molar-refractivity contribution is 5.76. The third-order valence-electron chi connectivity index (χ3n) is 7.16. The summed E-state index contributed by atoms with van der Waals surface area (Å²) in [6.45, 7) is 6.97. The van der Waals surface area contributed by atoms with E-state index < -0.39 is 5.60 Å². The summed E-state index contributed by atoms with van der Waals surface area (Å²) >= 11 is 0. The summed E-state index contributed by atoms with van der Waals surface area (Å²) in [5.41, 5.74) is 0.578. The van der Waals surface area contributed by atoms with Crippen LogP contribution >= 0.6 is 0 Å². The lowest BCUT2D eigenvalue weighted by Crippen LogP contribution is -2.49. The molecule has 2 aliphatic heterocycles. The average molecular weight is 468 g/mol. The molecule has 2 aromatic rings.